The average molecular weight is 355 g/mol. The molecule has 134 valence electrons. The number of carbonyl (C=O) groups is 1. The number of rotatable bonds is 3. The SMILES string of the molecule is O=C(c1ccc(C(F)(F)F)cc1)N(CC(F)(F)F)C1CCOCC1. The van der Waals surface area contributed by atoms with Crippen LogP contribution in [0.3, 0.4) is 0 Å². The van der Waals surface area contributed by atoms with Crippen molar-refractivity contribution in [1.29, 1.82) is 0 Å². The second-order valence-electron chi connectivity index (χ2n) is 5.47. The van der Waals surface area contributed by atoms with Gasteiger partial charge < -0.3 is 9.64 Å². The topological polar surface area (TPSA) is 29.5 Å². The maximum absolute atomic E-state index is 12.8. The minimum absolute atomic E-state index is 0.209. The van der Waals surface area contributed by atoms with Gasteiger partial charge in [0.15, 0.2) is 0 Å². The number of hydrogen-bond acceptors (Lipinski definition) is 2. The summed E-state index contributed by atoms with van der Waals surface area (Å²) >= 11 is 0. The van der Waals surface area contributed by atoms with E-state index in [-0.39, 0.29) is 31.6 Å². The first-order chi connectivity index (χ1) is 11.1. The Balaban J connectivity index is 2.23. The first kappa shape index (κ1) is 18.6. The van der Waals surface area contributed by atoms with E-state index in [2.05, 4.69) is 0 Å². The number of alkyl halides is 6. The number of halogens is 6. The molecule has 0 saturated carbocycles. The highest BCUT2D eigenvalue weighted by molar-refractivity contribution is 5.94. The fourth-order valence-corrected chi connectivity index (χ4v) is 2.52. The van der Waals surface area contributed by atoms with Gasteiger partial charge in [0.25, 0.3) is 5.91 Å². The lowest BCUT2D eigenvalue weighted by atomic mass is 10.0. The van der Waals surface area contributed by atoms with Gasteiger partial charge in [0.1, 0.15) is 6.54 Å². The molecule has 0 bridgehead atoms. The van der Waals surface area contributed by atoms with E-state index in [1.54, 1.807) is 0 Å². The number of carbonyl (C=O) groups excluding carboxylic acids is 1. The van der Waals surface area contributed by atoms with Crippen molar-refractivity contribution in [2.45, 2.75) is 31.2 Å². The molecule has 0 atom stereocenters. The van der Waals surface area contributed by atoms with E-state index < -0.39 is 36.4 Å². The maximum atomic E-state index is 12.8. The van der Waals surface area contributed by atoms with Crippen molar-refractivity contribution >= 4 is 5.91 Å². The third-order valence-corrected chi connectivity index (χ3v) is 3.70. The van der Waals surface area contributed by atoms with Crippen molar-refractivity contribution in [3.8, 4) is 0 Å². The molecule has 1 aliphatic rings. The number of benzene rings is 1. The Morgan fingerprint density at radius 3 is 2.04 bits per heavy atom. The van der Waals surface area contributed by atoms with Gasteiger partial charge in [-0.3, -0.25) is 4.79 Å². The fourth-order valence-electron chi connectivity index (χ4n) is 2.52. The average Bonchev–Trinajstić information content (AvgIpc) is 2.51. The molecule has 1 aromatic carbocycles. The molecule has 1 aromatic rings. The van der Waals surface area contributed by atoms with Crippen molar-refractivity contribution < 1.29 is 35.9 Å². The molecule has 0 radical (unpaired) electrons. The van der Waals surface area contributed by atoms with E-state index in [0.29, 0.717) is 17.0 Å². The fraction of sp³-hybridized carbons (Fsp3) is 0.533. The summed E-state index contributed by atoms with van der Waals surface area (Å²) in [6.45, 7) is -0.976. The predicted octanol–water partition coefficient (Wildman–Crippen LogP) is 3.89. The van der Waals surface area contributed by atoms with Crippen LogP contribution < -0.4 is 0 Å². The van der Waals surface area contributed by atoms with Gasteiger partial charge in [0.05, 0.1) is 5.56 Å². The third-order valence-electron chi connectivity index (χ3n) is 3.70. The summed E-state index contributed by atoms with van der Waals surface area (Å²) in [5, 5.41) is 0. The van der Waals surface area contributed by atoms with Crippen LogP contribution in [-0.4, -0.2) is 42.8 Å². The van der Waals surface area contributed by atoms with Gasteiger partial charge in [-0.15, -0.1) is 0 Å². The molecular formula is C15H15F6NO2. The van der Waals surface area contributed by atoms with E-state index in [9.17, 15) is 31.1 Å². The molecule has 1 saturated heterocycles. The smallest absolute Gasteiger partial charge is 0.381 e. The highest BCUT2D eigenvalue weighted by Crippen LogP contribution is 2.30. The van der Waals surface area contributed by atoms with E-state index >= 15 is 0 Å². The Labute approximate surface area is 134 Å². The third kappa shape index (κ3) is 4.86. The van der Waals surface area contributed by atoms with E-state index in [0.717, 1.165) is 12.1 Å². The molecule has 24 heavy (non-hydrogen) atoms. The molecule has 1 aliphatic heterocycles. The monoisotopic (exact) mass is 355 g/mol. The summed E-state index contributed by atoms with van der Waals surface area (Å²) in [5.74, 6) is -0.937. The van der Waals surface area contributed by atoms with Crippen molar-refractivity contribution in [3.63, 3.8) is 0 Å². The molecule has 1 heterocycles. The van der Waals surface area contributed by atoms with Crippen LogP contribution in [0, 0.1) is 0 Å². The van der Waals surface area contributed by atoms with Gasteiger partial charge in [-0.05, 0) is 37.1 Å². The lowest BCUT2D eigenvalue weighted by Gasteiger charge is -2.35. The van der Waals surface area contributed by atoms with Crippen LogP contribution in [-0.2, 0) is 10.9 Å². The van der Waals surface area contributed by atoms with Crippen LogP contribution in [0.1, 0.15) is 28.8 Å². The lowest BCUT2D eigenvalue weighted by molar-refractivity contribution is -0.147. The molecule has 0 N–H and O–H groups in total. The van der Waals surface area contributed by atoms with Crippen LogP contribution in [0.25, 0.3) is 0 Å². The number of amides is 1. The maximum Gasteiger partial charge on any atom is 0.416 e. The van der Waals surface area contributed by atoms with E-state index in [1.807, 2.05) is 0 Å². The Bertz CT molecular complexity index is 561. The van der Waals surface area contributed by atoms with Gasteiger partial charge in [0, 0.05) is 24.8 Å². The summed E-state index contributed by atoms with van der Waals surface area (Å²) in [4.78, 5) is 13.1. The van der Waals surface area contributed by atoms with Crippen molar-refractivity contribution in [2.75, 3.05) is 19.8 Å². The van der Waals surface area contributed by atoms with Gasteiger partial charge in [-0.2, -0.15) is 26.3 Å². The van der Waals surface area contributed by atoms with Crippen molar-refractivity contribution in [1.82, 2.24) is 4.90 Å². The second kappa shape index (κ2) is 7.00. The summed E-state index contributed by atoms with van der Waals surface area (Å²) in [6.07, 6.45) is -8.67. The first-order valence-corrected chi connectivity index (χ1v) is 7.20. The summed E-state index contributed by atoms with van der Waals surface area (Å²) in [5.41, 5.74) is -1.17. The van der Waals surface area contributed by atoms with Gasteiger partial charge in [0.2, 0.25) is 0 Å². The van der Waals surface area contributed by atoms with Crippen LogP contribution in [0.15, 0.2) is 24.3 Å². The second-order valence-corrected chi connectivity index (χ2v) is 5.47. The van der Waals surface area contributed by atoms with Gasteiger partial charge in [-0.25, -0.2) is 0 Å². The molecule has 0 unspecified atom stereocenters. The Hall–Kier alpha value is -1.77. The summed E-state index contributed by atoms with van der Waals surface area (Å²) < 4.78 is 81.0. The summed E-state index contributed by atoms with van der Waals surface area (Å²) in [7, 11) is 0. The minimum Gasteiger partial charge on any atom is -0.381 e. The van der Waals surface area contributed by atoms with Crippen LogP contribution in [0.2, 0.25) is 0 Å². The molecular weight excluding hydrogens is 340 g/mol. The molecule has 3 nitrogen and oxygen atoms in total. The number of nitrogens with zero attached hydrogens (tertiary/aromatic N) is 1. The molecule has 9 heteroatoms. The Kier molecular flexibility index (Phi) is 5.42. The highest BCUT2D eigenvalue weighted by Gasteiger charge is 2.37. The predicted molar refractivity (Wildman–Crippen MR) is 72.4 cm³/mol. The first-order valence-electron chi connectivity index (χ1n) is 7.20. The lowest BCUT2D eigenvalue weighted by Crippen LogP contribution is -2.47. The minimum atomic E-state index is -4.60. The van der Waals surface area contributed by atoms with Gasteiger partial charge >= 0.3 is 12.4 Å². The van der Waals surface area contributed by atoms with Crippen molar-refractivity contribution in [2.24, 2.45) is 0 Å². The quantitative estimate of drug-likeness (QED) is 0.770. The van der Waals surface area contributed by atoms with Crippen molar-refractivity contribution in [3.05, 3.63) is 35.4 Å². The highest BCUT2D eigenvalue weighted by atomic mass is 19.4. The molecule has 0 aliphatic carbocycles. The van der Waals surface area contributed by atoms with Gasteiger partial charge in [-0.1, -0.05) is 0 Å². The van der Waals surface area contributed by atoms with E-state index in [1.165, 1.54) is 0 Å². The van der Waals surface area contributed by atoms with Crippen LogP contribution in [0.4, 0.5) is 26.3 Å². The Morgan fingerprint density at radius 1 is 1.04 bits per heavy atom. The standard InChI is InChI=1S/C15H15F6NO2/c16-14(17,18)9-22(12-5-7-24-8-6-12)13(23)10-1-3-11(4-2-10)15(19,20)21/h1-4,12H,5-9H2. The Morgan fingerprint density at radius 2 is 1.58 bits per heavy atom. The zero-order chi connectivity index (χ0) is 18.0. The largest absolute Gasteiger partial charge is 0.416 e. The number of ether oxygens (including phenoxy) is 1. The zero-order valence-electron chi connectivity index (χ0n) is 12.5. The zero-order valence-corrected chi connectivity index (χ0v) is 12.5. The van der Waals surface area contributed by atoms with Crippen LogP contribution >= 0.6 is 0 Å². The number of hydrogen-bond donors (Lipinski definition) is 0. The molecule has 2 rings (SSSR count). The molecule has 1 fully saturated rings. The van der Waals surface area contributed by atoms with E-state index in [4.69, 9.17) is 4.74 Å². The summed E-state index contributed by atoms with van der Waals surface area (Å²) in [6, 6.07) is 2.50. The molecule has 0 aromatic heterocycles. The van der Waals surface area contributed by atoms with Crippen LogP contribution in [0.5, 0.6) is 0 Å². The normalized spacial score (nSPS) is 16.9. The molecule has 0 spiro atoms. The molecule has 1 amide bonds.